The number of nitrogen functional groups attached to an aromatic ring is 1. The molecule has 0 radical (unpaired) electrons. The van der Waals surface area contributed by atoms with Crippen molar-refractivity contribution in [3.8, 4) is 22.5 Å². The Kier molecular flexibility index (Phi) is 5.55. The number of pyridine rings is 1. The molecule has 0 unspecified atom stereocenters. The fraction of sp³-hybridized carbons (Fsp3) is 0.240. The van der Waals surface area contributed by atoms with E-state index in [2.05, 4.69) is 53.9 Å². The van der Waals surface area contributed by atoms with Gasteiger partial charge in [-0.2, -0.15) is 9.61 Å². The standard InChI is InChI=1S/C25H26N10/c26-24-21(12-18(14-29-24)19-15-30-34(16-19)20-8-10-27-11-9-20)25-32-31-23-7-6-22(33-35(23)25)28-13-17-4-2-1-3-5-17/h1-7,12,14-16,20,27H,8-11,13H2,(H2,26,29)(H,28,33). The minimum atomic E-state index is 0.373. The highest BCUT2D eigenvalue weighted by Crippen LogP contribution is 2.30. The molecule has 176 valence electrons. The van der Waals surface area contributed by atoms with Crippen molar-refractivity contribution in [1.82, 2.24) is 39.9 Å². The lowest BCUT2D eigenvalue weighted by Gasteiger charge is -2.22. The van der Waals surface area contributed by atoms with Gasteiger partial charge in [0, 0.05) is 30.1 Å². The zero-order chi connectivity index (χ0) is 23.6. The molecule has 0 spiro atoms. The summed E-state index contributed by atoms with van der Waals surface area (Å²) in [5.41, 5.74) is 10.7. The van der Waals surface area contributed by atoms with Crippen LogP contribution in [0.3, 0.4) is 0 Å². The number of piperidine rings is 1. The first-order chi connectivity index (χ1) is 17.2. The minimum Gasteiger partial charge on any atom is -0.383 e. The molecule has 0 saturated carbocycles. The average Bonchev–Trinajstić information content (AvgIpc) is 3.57. The normalized spacial score (nSPS) is 14.4. The van der Waals surface area contributed by atoms with E-state index >= 15 is 0 Å². The Bertz CT molecular complexity index is 1450. The second-order valence-electron chi connectivity index (χ2n) is 8.70. The lowest BCUT2D eigenvalue weighted by Crippen LogP contribution is -2.29. The first-order valence-electron chi connectivity index (χ1n) is 11.8. The molecular formula is C25H26N10. The number of nitrogens with zero attached hydrogens (tertiary/aromatic N) is 7. The summed E-state index contributed by atoms with van der Waals surface area (Å²) < 4.78 is 3.76. The maximum Gasteiger partial charge on any atom is 0.189 e. The van der Waals surface area contributed by atoms with Crippen LogP contribution in [0, 0.1) is 0 Å². The van der Waals surface area contributed by atoms with Crippen molar-refractivity contribution in [3.63, 3.8) is 0 Å². The molecular weight excluding hydrogens is 440 g/mol. The molecule has 1 aliphatic heterocycles. The summed E-state index contributed by atoms with van der Waals surface area (Å²) in [6.07, 6.45) is 7.88. The molecule has 1 saturated heterocycles. The molecule has 1 fully saturated rings. The van der Waals surface area contributed by atoms with Gasteiger partial charge in [0.15, 0.2) is 11.5 Å². The van der Waals surface area contributed by atoms with Crippen molar-refractivity contribution in [3.05, 3.63) is 72.7 Å². The van der Waals surface area contributed by atoms with Gasteiger partial charge in [-0.25, -0.2) is 4.98 Å². The second-order valence-corrected chi connectivity index (χ2v) is 8.70. The second kappa shape index (κ2) is 9.15. The molecule has 4 aromatic heterocycles. The average molecular weight is 467 g/mol. The molecule has 5 aromatic rings. The predicted octanol–water partition coefficient (Wildman–Crippen LogP) is 3.17. The molecule has 0 amide bonds. The molecule has 1 aromatic carbocycles. The summed E-state index contributed by atoms with van der Waals surface area (Å²) in [4.78, 5) is 4.44. The topological polar surface area (TPSA) is 124 Å². The third kappa shape index (κ3) is 4.31. The number of nitrogens with one attached hydrogen (secondary N) is 2. The van der Waals surface area contributed by atoms with Gasteiger partial charge in [0.25, 0.3) is 0 Å². The van der Waals surface area contributed by atoms with Gasteiger partial charge in [0.1, 0.15) is 11.6 Å². The third-order valence-electron chi connectivity index (χ3n) is 6.36. The number of nitrogens with two attached hydrogens (primary N) is 1. The van der Waals surface area contributed by atoms with E-state index < -0.39 is 0 Å². The van der Waals surface area contributed by atoms with Gasteiger partial charge in [-0.3, -0.25) is 4.68 Å². The molecule has 10 nitrogen and oxygen atoms in total. The van der Waals surface area contributed by atoms with Crippen LogP contribution in [0.4, 0.5) is 11.6 Å². The molecule has 5 heterocycles. The van der Waals surface area contributed by atoms with Crippen LogP contribution in [-0.4, -0.2) is 47.7 Å². The van der Waals surface area contributed by atoms with E-state index in [1.807, 2.05) is 42.6 Å². The van der Waals surface area contributed by atoms with Gasteiger partial charge in [-0.15, -0.1) is 15.3 Å². The molecule has 6 rings (SSSR count). The fourth-order valence-electron chi connectivity index (χ4n) is 4.41. The van der Waals surface area contributed by atoms with Crippen LogP contribution in [0.5, 0.6) is 0 Å². The van der Waals surface area contributed by atoms with Crippen LogP contribution in [-0.2, 0) is 6.54 Å². The first kappa shape index (κ1) is 21.2. The van der Waals surface area contributed by atoms with E-state index in [4.69, 9.17) is 10.8 Å². The summed E-state index contributed by atoms with van der Waals surface area (Å²) in [7, 11) is 0. The molecule has 0 aliphatic carbocycles. The predicted molar refractivity (Wildman–Crippen MR) is 135 cm³/mol. The number of hydrogen-bond donors (Lipinski definition) is 3. The lowest BCUT2D eigenvalue weighted by molar-refractivity contribution is 0.343. The maximum atomic E-state index is 6.28. The van der Waals surface area contributed by atoms with Crippen molar-refractivity contribution < 1.29 is 0 Å². The summed E-state index contributed by atoms with van der Waals surface area (Å²) in [6, 6.07) is 16.3. The van der Waals surface area contributed by atoms with Crippen molar-refractivity contribution in [2.45, 2.75) is 25.4 Å². The monoisotopic (exact) mass is 466 g/mol. The van der Waals surface area contributed by atoms with Crippen molar-refractivity contribution in [2.75, 3.05) is 24.1 Å². The van der Waals surface area contributed by atoms with E-state index in [0.29, 0.717) is 41.3 Å². The summed E-state index contributed by atoms with van der Waals surface area (Å²) in [6.45, 7) is 2.70. The van der Waals surface area contributed by atoms with E-state index in [0.717, 1.165) is 37.1 Å². The Morgan fingerprint density at radius 1 is 1.00 bits per heavy atom. The molecule has 10 heteroatoms. The molecule has 0 atom stereocenters. The Morgan fingerprint density at radius 2 is 1.86 bits per heavy atom. The van der Waals surface area contributed by atoms with Gasteiger partial charge in [0.05, 0.1) is 17.8 Å². The fourth-order valence-corrected chi connectivity index (χ4v) is 4.41. The molecule has 35 heavy (non-hydrogen) atoms. The highest BCUT2D eigenvalue weighted by Gasteiger charge is 2.18. The van der Waals surface area contributed by atoms with Crippen LogP contribution in [0.15, 0.2) is 67.1 Å². The Balaban J connectivity index is 1.30. The van der Waals surface area contributed by atoms with E-state index in [1.54, 1.807) is 10.7 Å². The molecule has 1 aliphatic rings. The number of anilines is 2. The number of rotatable bonds is 6. The highest BCUT2D eigenvalue weighted by atomic mass is 15.4. The largest absolute Gasteiger partial charge is 0.383 e. The molecule has 4 N–H and O–H groups in total. The zero-order valence-corrected chi connectivity index (χ0v) is 19.2. The number of benzene rings is 1. The van der Waals surface area contributed by atoms with Gasteiger partial charge in [0.2, 0.25) is 0 Å². The Labute approximate surface area is 202 Å². The SMILES string of the molecule is Nc1ncc(-c2cnn(C3CCNCC3)c2)cc1-c1nnc2ccc(NCc3ccccc3)nn12. The van der Waals surface area contributed by atoms with Gasteiger partial charge in [-0.1, -0.05) is 30.3 Å². The maximum absolute atomic E-state index is 6.28. The lowest BCUT2D eigenvalue weighted by atomic mass is 10.1. The summed E-state index contributed by atoms with van der Waals surface area (Å²) in [5, 5.41) is 24.7. The highest BCUT2D eigenvalue weighted by molar-refractivity contribution is 5.76. The molecule has 0 bridgehead atoms. The van der Waals surface area contributed by atoms with Crippen LogP contribution in [0.25, 0.3) is 28.2 Å². The zero-order valence-electron chi connectivity index (χ0n) is 19.2. The number of aromatic nitrogens is 7. The third-order valence-corrected chi connectivity index (χ3v) is 6.36. The Hall–Kier alpha value is -4.31. The smallest absolute Gasteiger partial charge is 0.189 e. The van der Waals surface area contributed by atoms with Crippen LogP contribution in [0.2, 0.25) is 0 Å². The van der Waals surface area contributed by atoms with Crippen LogP contribution in [0.1, 0.15) is 24.4 Å². The van der Waals surface area contributed by atoms with Crippen LogP contribution >= 0.6 is 0 Å². The van der Waals surface area contributed by atoms with Gasteiger partial charge < -0.3 is 16.4 Å². The van der Waals surface area contributed by atoms with Crippen molar-refractivity contribution in [2.24, 2.45) is 0 Å². The van der Waals surface area contributed by atoms with Crippen molar-refractivity contribution in [1.29, 1.82) is 0 Å². The quantitative estimate of drug-likeness (QED) is 0.349. The summed E-state index contributed by atoms with van der Waals surface area (Å²) in [5.74, 6) is 1.63. The number of hydrogen-bond acceptors (Lipinski definition) is 8. The van der Waals surface area contributed by atoms with E-state index in [1.165, 1.54) is 5.56 Å². The van der Waals surface area contributed by atoms with Gasteiger partial charge in [-0.05, 0) is 49.7 Å². The summed E-state index contributed by atoms with van der Waals surface area (Å²) >= 11 is 0. The first-order valence-corrected chi connectivity index (χ1v) is 11.8. The van der Waals surface area contributed by atoms with Gasteiger partial charge >= 0.3 is 0 Å². The van der Waals surface area contributed by atoms with E-state index in [-0.39, 0.29) is 0 Å². The minimum absolute atomic E-state index is 0.373. The van der Waals surface area contributed by atoms with E-state index in [9.17, 15) is 0 Å². The number of fused-ring (bicyclic) bond motifs is 1. The van der Waals surface area contributed by atoms with Crippen molar-refractivity contribution >= 4 is 17.3 Å². The van der Waals surface area contributed by atoms with Crippen LogP contribution < -0.4 is 16.4 Å². The Morgan fingerprint density at radius 3 is 2.71 bits per heavy atom.